The van der Waals surface area contributed by atoms with Crippen molar-refractivity contribution in [3.05, 3.63) is 28.2 Å². The van der Waals surface area contributed by atoms with E-state index in [-0.39, 0.29) is 11.9 Å². The topological polar surface area (TPSA) is 72.6 Å². The van der Waals surface area contributed by atoms with Gasteiger partial charge in [-0.1, -0.05) is 6.07 Å². The SMILES string of the molecule is CCOC(=O)C1CCCCN1C(=O)c1cccc(N)c1Br. The van der Waals surface area contributed by atoms with Gasteiger partial charge in [-0.3, -0.25) is 4.79 Å². The molecule has 2 N–H and O–H groups in total. The zero-order valence-electron chi connectivity index (χ0n) is 12.0. The molecule has 1 aromatic rings. The average Bonchev–Trinajstić information content (AvgIpc) is 2.49. The van der Waals surface area contributed by atoms with Crippen LogP contribution in [0.5, 0.6) is 0 Å². The Morgan fingerprint density at radius 3 is 2.90 bits per heavy atom. The van der Waals surface area contributed by atoms with Gasteiger partial charge in [0, 0.05) is 12.2 Å². The number of anilines is 1. The fourth-order valence-corrected chi connectivity index (χ4v) is 2.96. The number of benzene rings is 1. The molecule has 5 nitrogen and oxygen atoms in total. The molecule has 1 fully saturated rings. The molecule has 1 aliphatic heterocycles. The van der Waals surface area contributed by atoms with Crippen molar-refractivity contribution in [2.75, 3.05) is 18.9 Å². The largest absolute Gasteiger partial charge is 0.464 e. The molecule has 1 unspecified atom stereocenters. The molecule has 0 aromatic heterocycles. The average molecular weight is 355 g/mol. The summed E-state index contributed by atoms with van der Waals surface area (Å²) < 4.78 is 5.65. The third-order valence-electron chi connectivity index (χ3n) is 3.58. The molecule has 1 heterocycles. The summed E-state index contributed by atoms with van der Waals surface area (Å²) >= 11 is 3.35. The van der Waals surface area contributed by atoms with Crippen molar-refractivity contribution in [1.29, 1.82) is 0 Å². The molecule has 0 bridgehead atoms. The number of hydrogen-bond acceptors (Lipinski definition) is 4. The number of piperidine rings is 1. The van der Waals surface area contributed by atoms with Gasteiger partial charge in [0.15, 0.2) is 0 Å². The first kappa shape index (κ1) is 15.8. The van der Waals surface area contributed by atoms with E-state index in [0.717, 1.165) is 12.8 Å². The van der Waals surface area contributed by atoms with Crippen molar-refractivity contribution in [2.24, 2.45) is 0 Å². The molecule has 1 aromatic carbocycles. The highest BCUT2D eigenvalue weighted by Crippen LogP contribution is 2.27. The molecule has 6 heteroatoms. The highest BCUT2D eigenvalue weighted by atomic mass is 79.9. The predicted molar refractivity (Wildman–Crippen MR) is 83.9 cm³/mol. The van der Waals surface area contributed by atoms with Gasteiger partial charge in [0.05, 0.1) is 16.6 Å². The normalized spacial score (nSPS) is 18.4. The van der Waals surface area contributed by atoms with Crippen molar-refractivity contribution >= 4 is 33.5 Å². The molecule has 1 aliphatic rings. The number of nitrogen functional groups attached to an aromatic ring is 1. The second-order valence-corrected chi connectivity index (χ2v) is 5.76. The summed E-state index contributed by atoms with van der Waals surface area (Å²) in [5, 5.41) is 0. The number of esters is 1. The number of amides is 1. The number of rotatable bonds is 3. The molecule has 21 heavy (non-hydrogen) atoms. The Hall–Kier alpha value is -1.56. The molecule has 1 amide bonds. The fraction of sp³-hybridized carbons (Fsp3) is 0.467. The van der Waals surface area contributed by atoms with Gasteiger partial charge in [-0.2, -0.15) is 0 Å². The maximum atomic E-state index is 12.7. The lowest BCUT2D eigenvalue weighted by Crippen LogP contribution is -2.48. The van der Waals surface area contributed by atoms with Gasteiger partial charge in [-0.25, -0.2) is 4.79 Å². The zero-order valence-corrected chi connectivity index (χ0v) is 13.6. The van der Waals surface area contributed by atoms with Gasteiger partial charge in [0.1, 0.15) is 6.04 Å². The van der Waals surface area contributed by atoms with Gasteiger partial charge < -0.3 is 15.4 Å². The highest BCUT2D eigenvalue weighted by molar-refractivity contribution is 9.10. The third-order valence-corrected chi connectivity index (χ3v) is 4.47. The number of carbonyl (C=O) groups excluding carboxylic acids is 2. The van der Waals surface area contributed by atoms with Gasteiger partial charge in [0.25, 0.3) is 5.91 Å². The van der Waals surface area contributed by atoms with Crippen LogP contribution in [0.3, 0.4) is 0 Å². The first-order valence-corrected chi connectivity index (χ1v) is 7.87. The van der Waals surface area contributed by atoms with E-state index in [0.29, 0.717) is 35.3 Å². The summed E-state index contributed by atoms with van der Waals surface area (Å²) in [6.45, 7) is 2.64. The number of likely N-dealkylation sites (tertiary alicyclic amines) is 1. The minimum Gasteiger partial charge on any atom is -0.464 e. The number of ether oxygens (including phenoxy) is 1. The molecule has 1 saturated heterocycles. The van der Waals surface area contributed by atoms with Gasteiger partial charge >= 0.3 is 5.97 Å². The van der Waals surface area contributed by atoms with E-state index in [2.05, 4.69) is 15.9 Å². The minimum absolute atomic E-state index is 0.188. The lowest BCUT2D eigenvalue weighted by atomic mass is 10.0. The van der Waals surface area contributed by atoms with E-state index in [1.807, 2.05) is 0 Å². The third kappa shape index (κ3) is 3.37. The molecular formula is C15H19BrN2O3. The van der Waals surface area contributed by atoms with Gasteiger partial charge in [0.2, 0.25) is 0 Å². The standard InChI is InChI=1S/C15H19BrN2O3/c1-2-21-15(20)12-8-3-4-9-18(12)14(19)10-6-5-7-11(17)13(10)16/h5-7,12H,2-4,8-9,17H2,1H3. The van der Waals surface area contributed by atoms with E-state index in [9.17, 15) is 9.59 Å². The number of halogens is 1. The molecule has 2 rings (SSSR count). The van der Waals surface area contributed by atoms with Crippen LogP contribution in [0.15, 0.2) is 22.7 Å². The Morgan fingerprint density at radius 1 is 1.43 bits per heavy atom. The van der Waals surface area contributed by atoms with Crippen LogP contribution < -0.4 is 5.73 Å². The van der Waals surface area contributed by atoms with E-state index >= 15 is 0 Å². The minimum atomic E-state index is -0.500. The Balaban J connectivity index is 2.26. The van der Waals surface area contributed by atoms with Crippen LogP contribution in [-0.2, 0) is 9.53 Å². The number of nitrogens with zero attached hydrogens (tertiary/aromatic N) is 1. The molecule has 0 aliphatic carbocycles. The molecular weight excluding hydrogens is 336 g/mol. The van der Waals surface area contributed by atoms with Crippen LogP contribution in [-0.4, -0.2) is 36.0 Å². The summed E-state index contributed by atoms with van der Waals surface area (Å²) in [7, 11) is 0. The molecule has 1 atom stereocenters. The molecule has 114 valence electrons. The second kappa shape index (κ2) is 6.93. The van der Waals surface area contributed by atoms with Crippen LogP contribution in [0, 0.1) is 0 Å². The van der Waals surface area contributed by atoms with Gasteiger partial charge in [-0.05, 0) is 54.2 Å². The number of nitrogens with two attached hydrogens (primary N) is 1. The summed E-state index contributed by atoms with van der Waals surface area (Å²) in [6.07, 6.45) is 2.46. The Morgan fingerprint density at radius 2 is 2.19 bits per heavy atom. The highest BCUT2D eigenvalue weighted by Gasteiger charge is 2.34. The Kier molecular flexibility index (Phi) is 5.22. The molecule has 0 spiro atoms. The van der Waals surface area contributed by atoms with Crippen LogP contribution in [0.4, 0.5) is 5.69 Å². The van der Waals surface area contributed by atoms with Gasteiger partial charge in [-0.15, -0.1) is 0 Å². The monoisotopic (exact) mass is 354 g/mol. The van der Waals surface area contributed by atoms with E-state index < -0.39 is 6.04 Å². The van der Waals surface area contributed by atoms with Crippen molar-refractivity contribution in [2.45, 2.75) is 32.2 Å². The molecule has 0 radical (unpaired) electrons. The summed E-state index contributed by atoms with van der Waals surface area (Å²) in [4.78, 5) is 26.4. The molecule has 0 saturated carbocycles. The summed E-state index contributed by atoms with van der Waals surface area (Å²) in [5.74, 6) is -0.516. The van der Waals surface area contributed by atoms with Crippen LogP contribution in [0.2, 0.25) is 0 Å². The number of carbonyl (C=O) groups is 2. The second-order valence-electron chi connectivity index (χ2n) is 4.97. The van der Waals surface area contributed by atoms with Crippen LogP contribution in [0.25, 0.3) is 0 Å². The van der Waals surface area contributed by atoms with Crippen molar-refractivity contribution in [1.82, 2.24) is 4.90 Å². The lowest BCUT2D eigenvalue weighted by molar-refractivity contribution is -0.149. The zero-order chi connectivity index (χ0) is 15.4. The maximum absolute atomic E-state index is 12.7. The lowest BCUT2D eigenvalue weighted by Gasteiger charge is -2.34. The number of hydrogen-bond donors (Lipinski definition) is 1. The van der Waals surface area contributed by atoms with E-state index in [1.165, 1.54) is 0 Å². The van der Waals surface area contributed by atoms with Crippen LogP contribution in [0.1, 0.15) is 36.5 Å². The van der Waals surface area contributed by atoms with E-state index in [1.54, 1.807) is 30.0 Å². The summed E-state index contributed by atoms with van der Waals surface area (Å²) in [6, 6.07) is 4.66. The predicted octanol–water partition coefficient (Wildman–Crippen LogP) is 2.59. The first-order valence-electron chi connectivity index (χ1n) is 7.07. The fourth-order valence-electron chi connectivity index (χ4n) is 2.53. The quantitative estimate of drug-likeness (QED) is 0.668. The van der Waals surface area contributed by atoms with Crippen LogP contribution >= 0.6 is 15.9 Å². The smallest absolute Gasteiger partial charge is 0.328 e. The summed E-state index contributed by atoms with van der Waals surface area (Å²) in [5.41, 5.74) is 6.80. The first-order chi connectivity index (χ1) is 10.1. The van der Waals surface area contributed by atoms with E-state index in [4.69, 9.17) is 10.5 Å². The Bertz CT molecular complexity index is 548. The van der Waals surface area contributed by atoms with Crippen molar-refractivity contribution in [3.63, 3.8) is 0 Å². The maximum Gasteiger partial charge on any atom is 0.328 e. The van der Waals surface area contributed by atoms with Crippen molar-refractivity contribution < 1.29 is 14.3 Å². The van der Waals surface area contributed by atoms with Crippen molar-refractivity contribution in [3.8, 4) is 0 Å². The Labute approximate surface area is 132 Å².